The van der Waals surface area contributed by atoms with E-state index in [1.54, 1.807) is 0 Å². The largest absolute Gasteiger partial charge is 0.416 e. The van der Waals surface area contributed by atoms with Gasteiger partial charge in [0.2, 0.25) is 10.0 Å². The van der Waals surface area contributed by atoms with Gasteiger partial charge >= 0.3 is 6.18 Å². The van der Waals surface area contributed by atoms with Crippen LogP contribution in [0.3, 0.4) is 0 Å². The van der Waals surface area contributed by atoms with Gasteiger partial charge in [0.15, 0.2) is 0 Å². The highest BCUT2D eigenvalue weighted by Crippen LogP contribution is 2.30. The summed E-state index contributed by atoms with van der Waals surface area (Å²) >= 11 is 0. The van der Waals surface area contributed by atoms with E-state index in [-0.39, 0.29) is 0 Å². The van der Waals surface area contributed by atoms with Crippen molar-refractivity contribution in [2.75, 3.05) is 6.61 Å². The summed E-state index contributed by atoms with van der Waals surface area (Å²) in [7, 11) is -4.12. The number of halogens is 3. The molecule has 0 heterocycles. The third-order valence-corrected chi connectivity index (χ3v) is 3.97. The highest BCUT2D eigenvalue weighted by molar-refractivity contribution is 7.89. The number of alkyl halides is 3. The Morgan fingerprint density at radius 1 is 1.26 bits per heavy atom. The molecule has 0 aromatic heterocycles. The maximum atomic E-state index is 12.5. The van der Waals surface area contributed by atoms with Gasteiger partial charge in [-0.15, -0.1) is 0 Å². The van der Waals surface area contributed by atoms with Crippen molar-refractivity contribution >= 4 is 10.0 Å². The first-order valence-corrected chi connectivity index (χ1v) is 6.78. The fourth-order valence-corrected chi connectivity index (χ4v) is 2.74. The van der Waals surface area contributed by atoms with Gasteiger partial charge in [0, 0.05) is 0 Å². The number of sulfonamides is 1. The molecule has 0 saturated carbocycles. The summed E-state index contributed by atoms with van der Waals surface area (Å²) in [6, 6.07) is 3.42. The standard InChI is InChI=1S/C11H14F3NO3S/c1-10(2,7-16)15-19(17,18)9-5-3-4-8(6-9)11(12,13)14/h3-6,15-16H,7H2,1-2H3. The molecule has 0 aliphatic heterocycles. The van der Waals surface area contributed by atoms with Crippen LogP contribution in [0.4, 0.5) is 13.2 Å². The Kier molecular flexibility index (Phi) is 4.28. The van der Waals surface area contributed by atoms with Crippen molar-refractivity contribution in [1.82, 2.24) is 4.72 Å². The van der Waals surface area contributed by atoms with Gasteiger partial charge in [-0.2, -0.15) is 13.2 Å². The van der Waals surface area contributed by atoms with E-state index in [0.29, 0.717) is 6.07 Å². The Morgan fingerprint density at radius 3 is 2.32 bits per heavy atom. The molecule has 0 fully saturated rings. The molecule has 0 aliphatic rings. The Labute approximate surface area is 109 Å². The number of nitrogens with one attached hydrogen (secondary N) is 1. The van der Waals surface area contributed by atoms with Gasteiger partial charge in [-0.3, -0.25) is 0 Å². The molecule has 19 heavy (non-hydrogen) atoms. The van der Waals surface area contributed by atoms with Gasteiger partial charge in [-0.25, -0.2) is 13.1 Å². The lowest BCUT2D eigenvalue weighted by molar-refractivity contribution is -0.137. The highest BCUT2D eigenvalue weighted by Gasteiger charge is 2.32. The van der Waals surface area contributed by atoms with Gasteiger partial charge in [0.05, 0.1) is 22.6 Å². The maximum absolute atomic E-state index is 12.5. The zero-order chi connectivity index (χ0) is 14.9. The molecule has 1 rings (SSSR count). The molecule has 0 atom stereocenters. The molecule has 2 N–H and O–H groups in total. The molecule has 0 aliphatic carbocycles. The van der Waals surface area contributed by atoms with Crippen molar-refractivity contribution in [2.45, 2.75) is 30.5 Å². The average Bonchev–Trinajstić information content (AvgIpc) is 2.27. The van der Waals surface area contributed by atoms with Crippen LogP contribution in [0.25, 0.3) is 0 Å². The number of hydrogen-bond donors (Lipinski definition) is 2. The molecule has 4 nitrogen and oxygen atoms in total. The third-order valence-electron chi connectivity index (χ3n) is 2.28. The first kappa shape index (κ1) is 15.9. The van der Waals surface area contributed by atoms with Crippen LogP contribution < -0.4 is 4.72 Å². The van der Waals surface area contributed by atoms with Crippen molar-refractivity contribution in [2.24, 2.45) is 0 Å². The predicted molar refractivity (Wildman–Crippen MR) is 62.9 cm³/mol. The lowest BCUT2D eigenvalue weighted by atomic mass is 10.1. The Balaban J connectivity index is 3.17. The van der Waals surface area contributed by atoms with Crippen LogP contribution in [-0.2, 0) is 16.2 Å². The molecule has 0 unspecified atom stereocenters. The summed E-state index contributed by atoms with van der Waals surface area (Å²) in [5, 5.41) is 8.98. The van der Waals surface area contributed by atoms with Crippen molar-refractivity contribution in [3.8, 4) is 0 Å². The molecule has 0 radical (unpaired) electrons. The summed E-state index contributed by atoms with van der Waals surface area (Å²) in [4.78, 5) is -0.496. The quantitative estimate of drug-likeness (QED) is 0.890. The third kappa shape index (κ3) is 4.19. The van der Waals surface area contributed by atoms with E-state index in [1.165, 1.54) is 13.8 Å². The van der Waals surface area contributed by atoms with E-state index in [0.717, 1.165) is 18.2 Å². The van der Waals surface area contributed by atoms with Crippen molar-refractivity contribution in [3.63, 3.8) is 0 Å². The van der Waals surface area contributed by atoms with E-state index in [9.17, 15) is 21.6 Å². The van der Waals surface area contributed by atoms with Gasteiger partial charge in [0.25, 0.3) is 0 Å². The number of benzene rings is 1. The monoisotopic (exact) mass is 297 g/mol. The second kappa shape index (κ2) is 5.10. The van der Waals surface area contributed by atoms with E-state index >= 15 is 0 Å². The SMILES string of the molecule is CC(C)(CO)NS(=O)(=O)c1cccc(C(F)(F)F)c1. The van der Waals surface area contributed by atoms with E-state index in [1.807, 2.05) is 0 Å². The predicted octanol–water partition coefficient (Wildman–Crippen LogP) is 1.75. The van der Waals surface area contributed by atoms with Crippen LogP contribution in [0.2, 0.25) is 0 Å². The van der Waals surface area contributed by atoms with Gasteiger partial charge in [-0.05, 0) is 32.0 Å². The number of rotatable bonds is 4. The fourth-order valence-electron chi connectivity index (χ4n) is 1.29. The molecule has 1 aromatic carbocycles. The number of aliphatic hydroxyl groups is 1. The second-order valence-electron chi connectivity index (χ2n) is 4.67. The van der Waals surface area contributed by atoms with Crippen molar-refractivity contribution < 1.29 is 26.7 Å². The normalized spacial score (nSPS) is 13.6. The van der Waals surface area contributed by atoms with Crippen LogP contribution in [0, 0.1) is 0 Å². The topological polar surface area (TPSA) is 66.4 Å². The van der Waals surface area contributed by atoms with E-state index in [2.05, 4.69) is 4.72 Å². The summed E-state index contributed by atoms with van der Waals surface area (Å²) < 4.78 is 63.4. The minimum absolute atomic E-state index is 0.481. The maximum Gasteiger partial charge on any atom is 0.416 e. The molecular formula is C11H14F3NO3S. The molecule has 108 valence electrons. The molecule has 8 heteroatoms. The van der Waals surface area contributed by atoms with Crippen LogP contribution in [0.15, 0.2) is 29.2 Å². The molecule has 0 bridgehead atoms. The Hall–Kier alpha value is -1.12. The Morgan fingerprint density at radius 2 is 1.84 bits per heavy atom. The van der Waals surface area contributed by atoms with Crippen LogP contribution >= 0.6 is 0 Å². The summed E-state index contributed by atoms with van der Waals surface area (Å²) in [6.07, 6.45) is -4.61. The van der Waals surface area contributed by atoms with Crippen LogP contribution in [-0.4, -0.2) is 25.7 Å². The van der Waals surface area contributed by atoms with Crippen LogP contribution in [0.5, 0.6) is 0 Å². The molecular weight excluding hydrogens is 283 g/mol. The number of hydrogen-bond acceptors (Lipinski definition) is 3. The minimum atomic E-state index is -4.61. The van der Waals surface area contributed by atoms with Crippen LogP contribution in [0.1, 0.15) is 19.4 Å². The van der Waals surface area contributed by atoms with Gasteiger partial charge in [-0.1, -0.05) is 6.07 Å². The molecule has 1 aromatic rings. The second-order valence-corrected chi connectivity index (χ2v) is 6.36. The molecule has 0 saturated heterocycles. The molecule has 0 amide bonds. The average molecular weight is 297 g/mol. The van der Waals surface area contributed by atoms with Gasteiger partial charge in [0.1, 0.15) is 0 Å². The summed E-state index contributed by atoms with van der Waals surface area (Å²) in [5.41, 5.74) is -2.20. The fraction of sp³-hybridized carbons (Fsp3) is 0.455. The highest BCUT2D eigenvalue weighted by atomic mass is 32.2. The smallest absolute Gasteiger partial charge is 0.394 e. The lowest BCUT2D eigenvalue weighted by Gasteiger charge is -2.23. The van der Waals surface area contributed by atoms with Crippen molar-refractivity contribution in [1.29, 1.82) is 0 Å². The first-order valence-electron chi connectivity index (χ1n) is 5.30. The minimum Gasteiger partial charge on any atom is -0.394 e. The zero-order valence-electron chi connectivity index (χ0n) is 10.3. The van der Waals surface area contributed by atoms with E-state index in [4.69, 9.17) is 5.11 Å². The van der Waals surface area contributed by atoms with Gasteiger partial charge < -0.3 is 5.11 Å². The summed E-state index contributed by atoms with van der Waals surface area (Å²) in [6.45, 7) is 2.35. The van der Waals surface area contributed by atoms with E-state index < -0.39 is 38.8 Å². The summed E-state index contributed by atoms with van der Waals surface area (Å²) in [5.74, 6) is 0. The number of aliphatic hydroxyl groups excluding tert-OH is 1. The van der Waals surface area contributed by atoms with Crippen molar-refractivity contribution in [3.05, 3.63) is 29.8 Å². The zero-order valence-corrected chi connectivity index (χ0v) is 11.1. The molecule has 0 spiro atoms. The lowest BCUT2D eigenvalue weighted by Crippen LogP contribution is -2.46. The first-order chi connectivity index (χ1) is 8.48. The Bertz CT molecular complexity index is 553.